The lowest BCUT2D eigenvalue weighted by Gasteiger charge is -2.47. The number of hydrogen-bond donors (Lipinski definition) is 5. The van der Waals surface area contributed by atoms with Crippen molar-refractivity contribution >= 4 is 29.3 Å². The highest BCUT2D eigenvalue weighted by Crippen LogP contribution is 2.56. The molecular formula is C31H33N3O8. The summed E-state index contributed by atoms with van der Waals surface area (Å²) in [5, 5.41) is 35.7. The molecule has 11 heteroatoms. The average molecular weight is 576 g/mol. The molecule has 2 amide bonds. The van der Waals surface area contributed by atoms with Crippen LogP contribution in [0.25, 0.3) is 0 Å². The van der Waals surface area contributed by atoms with E-state index in [1.165, 1.54) is 0 Å². The number of carbonyl (C=O) groups excluding carboxylic acids is 4. The molecule has 0 aliphatic heterocycles. The summed E-state index contributed by atoms with van der Waals surface area (Å²) in [7, 11) is 3.58. The molecule has 6 N–H and O–H groups in total. The maximum Gasteiger partial charge on any atom is 0.412 e. The van der Waals surface area contributed by atoms with Crippen molar-refractivity contribution in [1.29, 1.82) is 0 Å². The zero-order valence-corrected chi connectivity index (χ0v) is 23.8. The Morgan fingerprint density at radius 2 is 1.81 bits per heavy atom. The van der Waals surface area contributed by atoms with Gasteiger partial charge in [0.05, 0.1) is 11.5 Å². The number of rotatable bonds is 5. The molecule has 0 saturated heterocycles. The largest absolute Gasteiger partial charge is 0.511 e. The Labute approximate surface area is 242 Å². The van der Waals surface area contributed by atoms with E-state index in [0.717, 1.165) is 5.56 Å². The minimum Gasteiger partial charge on any atom is -0.511 e. The number of nitrogens with two attached hydrogens (primary N) is 1. The first kappa shape index (κ1) is 28.7. The van der Waals surface area contributed by atoms with E-state index in [-0.39, 0.29) is 48.3 Å². The maximum absolute atomic E-state index is 14.1. The van der Waals surface area contributed by atoms with E-state index < -0.39 is 57.9 Å². The summed E-state index contributed by atoms with van der Waals surface area (Å²) in [6.45, 7) is 3.55. The monoisotopic (exact) mass is 575 g/mol. The number of ether oxygens (including phenoxy) is 1. The highest BCUT2D eigenvalue weighted by atomic mass is 16.6. The molecule has 3 aliphatic rings. The summed E-state index contributed by atoms with van der Waals surface area (Å²) in [5.41, 5.74) is 6.24. The summed E-state index contributed by atoms with van der Waals surface area (Å²) in [5.74, 6) is -5.25. The lowest BCUT2D eigenvalue weighted by Crippen LogP contribution is -2.47. The van der Waals surface area contributed by atoms with E-state index in [9.17, 15) is 34.5 Å². The normalized spacial score (nSPS) is 23.1. The number of fused-ring (bicyclic) bond motifs is 3. The first-order valence-electron chi connectivity index (χ1n) is 13.5. The third-order valence-electron chi connectivity index (χ3n) is 8.48. The van der Waals surface area contributed by atoms with Crippen molar-refractivity contribution in [3.63, 3.8) is 0 Å². The summed E-state index contributed by atoms with van der Waals surface area (Å²) < 4.78 is 5.30. The summed E-state index contributed by atoms with van der Waals surface area (Å²) >= 11 is 0. The number of anilines is 1. The number of hydrogen-bond acceptors (Lipinski definition) is 9. The van der Waals surface area contributed by atoms with Gasteiger partial charge in [0.2, 0.25) is 0 Å². The van der Waals surface area contributed by atoms with Gasteiger partial charge in [0, 0.05) is 49.3 Å². The Morgan fingerprint density at radius 3 is 2.43 bits per heavy atom. The third-order valence-corrected chi connectivity index (χ3v) is 8.48. The number of Topliss-reactive ketones (excluding diaryl/α,β-unsaturated/α-hetero) is 2. The molecule has 3 atom stereocenters. The number of phenols is 1. The molecule has 0 heterocycles. The molecule has 11 nitrogen and oxygen atoms in total. The predicted octanol–water partition coefficient (Wildman–Crippen LogP) is 3.52. The van der Waals surface area contributed by atoms with E-state index >= 15 is 0 Å². The number of amides is 2. The quantitative estimate of drug-likeness (QED) is 0.333. The first-order valence-corrected chi connectivity index (χ1v) is 13.5. The van der Waals surface area contributed by atoms with Crippen LogP contribution in [-0.4, -0.2) is 53.0 Å². The number of aliphatic hydroxyl groups excluding tert-OH is 2. The summed E-state index contributed by atoms with van der Waals surface area (Å²) in [6.07, 6.45) is -0.274. The van der Waals surface area contributed by atoms with Gasteiger partial charge in [-0.2, -0.15) is 0 Å². The van der Waals surface area contributed by atoms with Crippen LogP contribution in [0.15, 0.2) is 53.0 Å². The van der Waals surface area contributed by atoms with Gasteiger partial charge in [-0.15, -0.1) is 0 Å². The summed E-state index contributed by atoms with van der Waals surface area (Å²) in [6, 6.07) is 8.59. The highest BCUT2D eigenvalue weighted by molar-refractivity contribution is 6.22. The predicted molar refractivity (Wildman–Crippen MR) is 152 cm³/mol. The number of carbonyl (C=O) groups is 4. The van der Waals surface area contributed by atoms with E-state index in [0.29, 0.717) is 17.0 Å². The molecule has 0 fully saturated rings. The number of aromatic hydroxyl groups is 1. The molecule has 42 heavy (non-hydrogen) atoms. The lowest BCUT2D eigenvalue weighted by atomic mass is 9.56. The second-order valence-electron chi connectivity index (χ2n) is 11.7. The van der Waals surface area contributed by atoms with Gasteiger partial charge >= 0.3 is 6.09 Å². The number of aliphatic hydroxyl groups is 2. The molecule has 5 rings (SSSR count). The number of benzene rings is 2. The molecule has 2 aromatic carbocycles. The number of nitrogens with zero attached hydrogens (tertiary/aromatic N) is 1. The van der Waals surface area contributed by atoms with Gasteiger partial charge in [-0.1, -0.05) is 24.6 Å². The second-order valence-corrected chi connectivity index (χ2v) is 11.7. The van der Waals surface area contributed by atoms with Gasteiger partial charge < -0.3 is 36.0 Å². The Hall–Kier alpha value is -4.80. The third kappa shape index (κ3) is 4.64. The van der Waals surface area contributed by atoms with E-state index in [4.69, 9.17) is 10.5 Å². The van der Waals surface area contributed by atoms with Crippen LogP contribution in [0, 0.1) is 24.2 Å². The Morgan fingerprint density at radius 1 is 1.14 bits per heavy atom. The van der Waals surface area contributed by atoms with Crippen LogP contribution in [0.4, 0.5) is 10.5 Å². The Bertz CT molecular complexity index is 1600. The number of nitrogens with one attached hydrogen (secondary N) is 1. The molecule has 3 unspecified atom stereocenters. The fraction of sp³-hybridized carbons (Fsp3) is 0.355. The van der Waals surface area contributed by atoms with Crippen LogP contribution in [0.2, 0.25) is 0 Å². The van der Waals surface area contributed by atoms with Gasteiger partial charge in [0.1, 0.15) is 28.6 Å². The van der Waals surface area contributed by atoms with Crippen LogP contribution in [0.5, 0.6) is 11.5 Å². The summed E-state index contributed by atoms with van der Waals surface area (Å²) in [4.78, 5) is 53.4. The van der Waals surface area contributed by atoms with Gasteiger partial charge in [-0.3, -0.25) is 14.4 Å². The van der Waals surface area contributed by atoms with Crippen molar-refractivity contribution in [3.8, 4) is 11.5 Å². The topological polar surface area (TPSA) is 179 Å². The average Bonchev–Trinajstić information content (AvgIpc) is 2.88. The van der Waals surface area contributed by atoms with Crippen molar-refractivity contribution in [2.24, 2.45) is 23.0 Å². The standard InChI is InChI=1S/C31H33N3O8/c1-14-5-7-17(8-6-14)42-30(41)33-13-16-9-19(34(3)4)18-12-31(2)11-15-10-20(35)23(29(32)40)26(37)21(15)27(38)24(31)28(39)22(18)25(16)36/h5-9,15,21,35-36,38H,10-13H2,1-4H3,(H2,32,40)(H,33,41). The molecule has 0 aromatic heterocycles. The molecular weight excluding hydrogens is 542 g/mol. The van der Waals surface area contributed by atoms with Crippen molar-refractivity contribution < 1.29 is 39.2 Å². The number of allylic oxidation sites excluding steroid dienone is 3. The van der Waals surface area contributed by atoms with Crippen molar-refractivity contribution in [2.75, 3.05) is 19.0 Å². The van der Waals surface area contributed by atoms with E-state index in [1.807, 2.05) is 6.92 Å². The van der Waals surface area contributed by atoms with Crippen LogP contribution < -0.4 is 20.7 Å². The minimum absolute atomic E-state index is 0.0151. The first-order chi connectivity index (χ1) is 19.7. The van der Waals surface area contributed by atoms with Crippen LogP contribution in [-0.2, 0) is 22.6 Å². The number of ketones is 2. The van der Waals surface area contributed by atoms with Crippen molar-refractivity contribution in [1.82, 2.24) is 5.32 Å². The number of primary amides is 1. The minimum atomic E-state index is -1.21. The maximum atomic E-state index is 14.1. The van der Waals surface area contributed by atoms with Crippen LogP contribution in [0.3, 0.4) is 0 Å². The molecule has 0 spiro atoms. The molecule has 2 aromatic rings. The number of phenolic OH excluding ortho intramolecular Hbond substituents is 1. The number of aryl methyl sites for hydroxylation is 1. The van der Waals surface area contributed by atoms with Crippen molar-refractivity contribution in [2.45, 2.75) is 39.7 Å². The molecule has 0 bridgehead atoms. The van der Waals surface area contributed by atoms with Gasteiger partial charge in [0.25, 0.3) is 5.91 Å². The molecule has 220 valence electrons. The fourth-order valence-corrected chi connectivity index (χ4v) is 6.62. The Kier molecular flexibility index (Phi) is 7.00. The smallest absolute Gasteiger partial charge is 0.412 e. The zero-order valence-electron chi connectivity index (χ0n) is 23.8. The van der Waals surface area contributed by atoms with Crippen LogP contribution in [0.1, 0.15) is 46.8 Å². The highest BCUT2D eigenvalue weighted by Gasteiger charge is 2.55. The van der Waals surface area contributed by atoms with E-state index in [1.54, 1.807) is 56.3 Å². The zero-order chi connectivity index (χ0) is 30.7. The molecule has 0 radical (unpaired) electrons. The molecule has 3 aliphatic carbocycles. The van der Waals surface area contributed by atoms with Crippen LogP contribution >= 0.6 is 0 Å². The van der Waals surface area contributed by atoms with E-state index in [2.05, 4.69) is 5.32 Å². The fourth-order valence-electron chi connectivity index (χ4n) is 6.62. The van der Waals surface area contributed by atoms with Gasteiger partial charge in [0.15, 0.2) is 11.6 Å². The SMILES string of the molecule is Cc1ccc(OC(=O)NCc2cc(N(C)C)c3c(c2O)C(=O)C2=C(O)C4C(=O)C(C(N)=O)=C(O)CC4CC2(C)C3)cc1. The lowest BCUT2D eigenvalue weighted by molar-refractivity contribution is -0.126. The van der Waals surface area contributed by atoms with Gasteiger partial charge in [-0.25, -0.2) is 4.79 Å². The second kappa shape index (κ2) is 10.2. The Balaban J connectivity index is 1.52. The van der Waals surface area contributed by atoms with Crippen molar-refractivity contribution in [3.05, 3.63) is 75.3 Å². The van der Waals surface area contributed by atoms with Gasteiger partial charge in [-0.05, 0) is 49.4 Å². The molecule has 0 saturated carbocycles.